The second-order valence-electron chi connectivity index (χ2n) is 5.11. The van der Waals surface area contributed by atoms with Crippen LogP contribution in [0.25, 0.3) is 0 Å². The van der Waals surface area contributed by atoms with Gasteiger partial charge in [0, 0.05) is 23.8 Å². The molecule has 0 spiro atoms. The van der Waals surface area contributed by atoms with E-state index in [4.69, 9.17) is 23.2 Å². The Hall–Kier alpha value is -2.44. The molecule has 1 aromatic carbocycles. The van der Waals surface area contributed by atoms with E-state index in [0.29, 0.717) is 21.7 Å². The number of aliphatic imine (C=N–C) groups is 2. The van der Waals surface area contributed by atoms with Crippen LogP contribution in [0.15, 0.2) is 34.3 Å². The highest BCUT2D eigenvalue weighted by atomic mass is 35.5. The maximum Gasteiger partial charge on any atom is 0.159 e. The number of H-pyrrole nitrogens is 2. The van der Waals surface area contributed by atoms with Gasteiger partial charge in [0.25, 0.3) is 0 Å². The Kier molecular flexibility index (Phi) is 4.78. The number of nitrogens with one attached hydrogen (secondary N) is 2. The van der Waals surface area contributed by atoms with Crippen LogP contribution in [-0.4, -0.2) is 32.8 Å². The van der Waals surface area contributed by atoms with Crippen LogP contribution in [-0.2, 0) is 0 Å². The van der Waals surface area contributed by atoms with Crippen LogP contribution in [0.2, 0.25) is 10.3 Å². The fraction of sp³-hybridized carbons (Fsp3) is 0.125. The number of hydrogen-bond donors (Lipinski definition) is 2. The SMILES string of the molecule is Cc1[nH]nc(Cl)c1C=Nc1ccccc1N=Cc1c(Cl)n[nH]c1C. The van der Waals surface area contributed by atoms with E-state index in [-0.39, 0.29) is 0 Å². The lowest BCUT2D eigenvalue weighted by atomic mass is 10.2. The Morgan fingerprint density at radius 1 is 0.833 bits per heavy atom. The molecule has 24 heavy (non-hydrogen) atoms. The zero-order valence-corrected chi connectivity index (χ0v) is 14.5. The van der Waals surface area contributed by atoms with E-state index in [1.165, 1.54) is 0 Å². The third-order valence-corrected chi connectivity index (χ3v) is 4.02. The fourth-order valence-electron chi connectivity index (χ4n) is 2.07. The maximum absolute atomic E-state index is 6.03. The summed E-state index contributed by atoms with van der Waals surface area (Å²) in [6.07, 6.45) is 3.34. The molecule has 0 amide bonds. The predicted molar refractivity (Wildman–Crippen MR) is 97.6 cm³/mol. The van der Waals surface area contributed by atoms with E-state index in [1.54, 1.807) is 12.4 Å². The van der Waals surface area contributed by atoms with Gasteiger partial charge in [0.05, 0.1) is 22.5 Å². The number of rotatable bonds is 4. The fourth-order valence-corrected chi connectivity index (χ4v) is 2.53. The summed E-state index contributed by atoms with van der Waals surface area (Å²) in [6, 6.07) is 7.53. The molecule has 6 nitrogen and oxygen atoms in total. The molecule has 3 aromatic rings. The van der Waals surface area contributed by atoms with Gasteiger partial charge >= 0.3 is 0 Å². The van der Waals surface area contributed by atoms with E-state index in [9.17, 15) is 0 Å². The summed E-state index contributed by atoms with van der Waals surface area (Å²) in [5.41, 5.74) is 4.63. The quantitative estimate of drug-likeness (QED) is 0.668. The molecule has 0 saturated carbocycles. The smallest absolute Gasteiger partial charge is 0.159 e. The Balaban J connectivity index is 1.91. The Bertz CT molecular complexity index is 808. The zero-order chi connectivity index (χ0) is 17.1. The molecule has 0 aliphatic heterocycles. The Morgan fingerprint density at radius 3 is 1.58 bits per heavy atom. The maximum atomic E-state index is 6.03. The first kappa shape index (κ1) is 16.4. The van der Waals surface area contributed by atoms with Gasteiger partial charge in [0.2, 0.25) is 0 Å². The molecular formula is C16H14Cl2N6. The third kappa shape index (κ3) is 3.39. The normalized spacial score (nSPS) is 11.8. The van der Waals surface area contributed by atoms with Crippen LogP contribution in [0.1, 0.15) is 22.5 Å². The predicted octanol–water partition coefficient (Wildman–Crippen LogP) is 4.56. The molecular weight excluding hydrogens is 347 g/mol. The van der Waals surface area contributed by atoms with Crippen molar-refractivity contribution in [2.24, 2.45) is 9.98 Å². The molecule has 0 bridgehead atoms. The molecule has 0 atom stereocenters. The van der Waals surface area contributed by atoms with E-state index in [1.807, 2.05) is 38.1 Å². The highest BCUT2D eigenvalue weighted by molar-refractivity contribution is 6.32. The molecule has 0 saturated heterocycles. The van der Waals surface area contributed by atoms with Crippen molar-refractivity contribution in [2.45, 2.75) is 13.8 Å². The number of aromatic amines is 2. The summed E-state index contributed by atoms with van der Waals surface area (Å²) in [4.78, 5) is 8.95. The van der Waals surface area contributed by atoms with Gasteiger partial charge in [-0.15, -0.1) is 0 Å². The molecule has 2 N–H and O–H groups in total. The number of para-hydroxylation sites is 2. The first-order valence-electron chi connectivity index (χ1n) is 7.14. The minimum Gasteiger partial charge on any atom is -0.281 e. The molecule has 122 valence electrons. The minimum atomic E-state index is 0.387. The monoisotopic (exact) mass is 360 g/mol. The van der Waals surface area contributed by atoms with Gasteiger partial charge in [0.15, 0.2) is 10.3 Å². The summed E-state index contributed by atoms with van der Waals surface area (Å²) in [7, 11) is 0. The second kappa shape index (κ2) is 6.98. The Labute approximate surface area is 148 Å². The van der Waals surface area contributed by atoms with Crippen molar-refractivity contribution in [2.75, 3.05) is 0 Å². The van der Waals surface area contributed by atoms with E-state index in [0.717, 1.165) is 22.5 Å². The lowest BCUT2D eigenvalue weighted by Crippen LogP contribution is -1.84. The number of halogens is 2. The van der Waals surface area contributed by atoms with Crippen LogP contribution < -0.4 is 0 Å². The van der Waals surface area contributed by atoms with Gasteiger partial charge in [-0.2, -0.15) is 10.2 Å². The highest BCUT2D eigenvalue weighted by Gasteiger charge is 2.07. The third-order valence-electron chi connectivity index (χ3n) is 3.44. The molecule has 8 heteroatoms. The number of nitrogens with zero attached hydrogens (tertiary/aromatic N) is 4. The van der Waals surface area contributed by atoms with Crippen molar-refractivity contribution in [3.8, 4) is 0 Å². The minimum absolute atomic E-state index is 0.387. The van der Waals surface area contributed by atoms with E-state index < -0.39 is 0 Å². The lowest BCUT2D eigenvalue weighted by Gasteiger charge is -2.00. The van der Waals surface area contributed by atoms with Crippen LogP contribution in [0, 0.1) is 13.8 Å². The highest BCUT2D eigenvalue weighted by Crippen LogP contribution is 2.28. The summed E-state index contributed by atoms with van der Waals surface area (Å²) in [6.45, 7) is 3.77. The summed E-state index contributed by atoms with van der Waals surface area (Å²) >= 11 is 12.1. The number of aryl methyl sites for hydroxylation is 2. The number of aromatic nitrogens is 4. The standard InChI is InChI=1S/C16H14Cl2N6/c1-9-11(15(17)23-21-9)7-19-13-5-3-4-6-14(13)20-8-12-10(2)22-24-16(12)18/h3-8H,1-2H3,(H,21,23)(H,22,24). The molecule has 2 aromatic heterocycles. The van der Waals surface area contributed by atoms with Gasteiger partial charge in [-0.1, -0.05) is 35.3 Å². The van der Waals surface area contributed by atoms with E-state index in [2.05, 4.69) is 30.4 Å². The first-order chi connectivity index (χ1) is 11.6. The summed E-state index contributed by atoms with van der Waals surface area (Å²) < 4.78 is 0. The van der Waals surface area contributed by atoms with Crippen LogP contribution in [0.5, 0.6) is 0 Å². The van der Waals surface area contributed by atoms with Gasteiger partial charge in [-0.05, 0) is 26.0 Å². The van der Waals surface area contributed by atoms with Gasteiger partial charge in [0.1, 0.15) is 0 Å². The van der Waals surface area contributed by atoms with Crippen molar-refractivity contribution < 1.29 is 0 Å². The molecule has 3 rings (SSSR count). The topological polar surface area (TPSA) is 82.1 Å². The first-order valence-corrected chi connectivity index (χ1v) is 7.90. The molecule has 0 unspecified atom stereocenters. The largest absolute Gasteiger partial charge is 0.281 e. The molecule has 0 radical (unpaired) electrons. The van der Waals surface area contributed by atoms with Gasteiger partial charge in [-0.25, -0.2) is 0 Å². The molecule has 0 aliphatic rings. The molecule has 0 aliphatic carbocycles. The average Bonchev–Trinajstić information content (AvgIpc) is 3.07. The zero-order valence-electron chi connectivity index (χ0n) is 13.0. The van der Waals surface area contributed by atoms with Crippen molar-refractivity contribution >= 4 is 47.0 Å². The average molecular weight is 361 g/mol. The van der Waals surface area contributed by atoms with Crippen molar-refractivity contribution in [3.63, 3.8) is 0 Å². The summed E-state index contributed by atoms with van der Waals surface area (Å²) in [5.74, 6) is 0. The molecule has 2 heterocycles. The van der Waals surface area contributed by atoms with Crippen molar-refractivity contribution in [1.82, 2.24) is 20.4 Å². The van der Waals surface area contributed by atoms with Crippen LogP contribution >= 0.6 is 23.2 Å². The van der Waals surface area contributed by atoms with E-state index >= 15 is 0 Å². The molecule has 0 fully saturated rings. The van der Waals surface area contributed by atoms with Crippen LogP contribution in [0.3, 0.4) is 0 Å². The van der Waals surface area contributed by atoms with Gasteiger partial charge < -0.3 is 0 Å². The number of hydrogen-bond acceptors (Lipinski definition) is 4. The van der Waals surface area contributed by atoms with Crippen molar-refractivity contribution in [1.29, 1.82) is 0 Å². The lowest BCUT2D eigenvalue weighted by molar-refractivity contribution is 1.05. The second-order valence-corrected chi connectivity index (χ2v) is 5.83. The van der Waals surface area contributed by atoms with Crippen molar-refractivity contribution in [3.05, 3.63) is 57.1 Å². The Morgan fingerprint density at radius 2 is 1.25 bits per heavy atom. The van der Waals surface area contributed by atoms with Gasteiger partial charge in [-0.3, -0.25) is 20.2 Å². The summed E-state index contributed by atoms with van der Waals surface area (Å²) in [5, 5.41) is 14.3. The number of benzene rings is 1. The van der Waals surface area contributed by atoms with Crippen LogP contribution in [0.4, 0.5) is 11.4 Å².